The summed E-state index contributed by atoms with van der Waals surface area (Å²) < 4.78 is 27.2. The van der Waals surface area contributed by atoms with Crippen molar-refractivity contribution in [2.24, 2.45) is 0 Å². The third kappa shape index (κ3) is 3.58. The van der Waals surface area contributed by atoms with E-state index in [1.165, 1.54) is 19.6 Å². The molecule has 10 heteroatoms. The second-order valence-corrected chi connectivity index (χ2v) is 11.3. The molecule has 0 saturated carbocycles. The molecule has 3 heterocycles. The topological polar surface area (TPSA) is 87.6 Å². The molecule has 1 aliphatic carbocycles. The van der Waals surface area contributed by atoms with Gasteiger partial charge >= 0.3 is 0 Å². The smallest absolute Gasteiger partial charge is 0.260 e. The maximum absolute atomic E-state index is 12.8. The first-order valence-corrected chi connectivity index (χ1v) is 12.7. The van der Waals surface area contributed by atoms with Crippen LogP contribution in [0.25, 0.3) is 10.2 Å². The molecule has 0 atom stereocenters. The van der Waals surface area contributed by atoms with Gasteiger partial charge in [-0.25, -0.2) is 13.4 Å². The van der Waals surface area contributed by atoms with Crippen molar-refractivity contribution in [1.29, 1.82) is 0 Å². The van der Waals surface area contributed by atoms with Crippen molar-refractivity contribution < 1.29 is 13.3 Å². The van der Waals surface area contributed by atoms with Crippen LogP contribution in [0, 0.1) is 0 Å². The molecule has 1 aliphatic heterocycles. The van der Waals surface area contributed by atoms with E-state index in [1.807, 2.05) is 0 Å². The molecule has 5 rings (SSSR count). The van der Waals surface area contributed by atoms with E-state index in [0.29, 0.717) is 43.6 Å². The molecule has 0 radical (unpaired) electrons. The Morgan fingerprint density at radius 1 is 1.17 bits per heavy atom. The molecule has 0 spiro atoms. The van der Waals surface area contributed by atoms with Crippen LogP contribution in [0.5, 0.6) is 0 Å². The van der Waals surface area contributed by atoms with Crippen LogP contribution in [-0.4, -0.2) is 48.9 Å². The van der Waals surface area contributed by atoms with E-state index < -0.39 is 10.0 Å². The molecule has 2 aromatic heterocycles. The summed E-state index contributed by atoms with van der Waals surface area (Å²) in [5.74, 6) is 0.677. The third-order valence-electron chi connectivity index (χ3n) is 5.92. The Balaban J connectivity index is 1.28. The van der Waals surface area contributed by atoms with Crippen molar-refractivity contribution >= 4 is 43.2 Å². The highest BCUT2D eigenvalue weighted by molar-refractivity contribution is 7.89. The molecule has 3 aromatic rings. The van der Waals surface area contributed by atoms with Crippen LogP contribution in [0.1, 0.15) is 22.7 Å². The number of halogens is 1. The zero-order valence-corrected chi connectivity index (χ0v) is 18.7. The number of piperazine rings is 1. The number of fused-ring (bicyclic) bond motifs is 3. The minimum Gasteiger partial charge on any atom is -0.326 e. The van der Waals surface area contributed by atoms with Crippen LogP contribution in [0.3, 0.4) is 0 Å². The molecule has 0 amide bonds. The molecule has 0 bridgehead atoms. The average Bonchev–Trinajstić information content (AvgIpc) is 3.29. The molecule has 1 fully saturated rings. The SMILES string of the molecule is O=c1[nH]c(C[NH+]2CCN(S(=O)(=O)c3ccc(Cl)cc3)CC2)nc2sc3c(c12)CCC3. The van der Waals surface area contributed by atoms with Crippen molar-refractivity contribution in [2.45, 2.75) is 30.7 Å². The van der Waals surface area contributed by atoms with Gasteiger partial charge in [0.05, 0.1) is 36.5 Å². The lowest BCUT2D eigenvalue weighted by Crippen LogP contribution is -3.13. The van der Waals surface area contributed by atoms with E-state index >= 15 is 0 Å². The fourth-order valence-corrected chi connectivity index (χ4v) is 7.19. The van der Waals surface area contributed by atoms with Crippen molar-refractivity contribution in [3.8, 4) is 0 Å². The summed E-state index contributed by atoms with van der Waals surface area (Å²) in [6.07, 6.45) is 3.13. The van der Waals surface area contributed by atoms with Crippen LogP contribution in [0.15, 0.2) is 34.0 Å². The van der Waals surface area contributed by atoms with Gasteiger partial charge in [-0.1, -0.05) is 11.6 Å². The standard InChI is InChI=1S/C20H21ClN4O3S2/c21-13-4-6-14(7-5-13)30(27,28)25-10-8-24(9-11-25)12-17-22-19(26)18-15-2-1-3-16(15)29-20(18)23-17/h4-7H,1-3,8-12H2,(H,22,23,26)/p+1. The van der Waals surface area contributed by atoms with Gasteiger partial charge in [0.15, 0.2) is 5.82 Å². The summed E-state index contributed by atoms with van der Waals surface area (Å²) in [6.45, 7) is 2.77. The quantitative estimate of drug-likeness (QED) is 0.606. The Bertz CT molecular complexity index is 1260. The lowest BCUT2D eigenvalue weighted by molar-refractivity contribution is -0.917. The van der Waals surface area contributed by atoms with Gasteiger partial charge in [-0.15, -0.1) is 11.3 Å². The summed E-state index contributed by atoms with van der Waals surface area (Å²) >= 11 is 7.51. The van der Waals surface area contributed by atoms with Gasteiger partial charge in [0, 0.05) is 9.90 Å². The number of nitrogens with zero attached hydrogens (tertiary/aromatic N) is 2. The molecule has 7 nitrogen and oxygen atoms in total. The van der Waals surface area contributed by atoms with Gasteiger partial charge < -0.3 is 9.88 Å². The number of sulfonamides is 1. The van der Waals surface area contributed by atoms with Gasteiger partial charge in [-0.05, 0) is 49.1 Å². The second kappa shape index (κ2) is 7.72. The van der Waals surface area contributed by atoms with Crippen LogP contribution >= 0.6 is 22.9 Å². The fraction of sp³-hybridized carbons (Fsp3) is 0.400. The maximum Gasteiger partial charge on any atom is 0.260 e. The molecule has 2 N–H and O–H groups in total. The normalized spacial score (nSPS) is 18.2. The minimum absolute atomic E-state index is 0.0437. The van der Waals surface area contributed by atoms with Gasteiger partial charge in [0.2, 0.25) is 10.0 Å². The summed E-state index contributed by atoms with van der Waals surface area (Å²) in [7, 11) is -3.52. The predicted octanol–water partition coefficient (Wildman–Crippen LogP) is 1.22. The molecule has 2 aliphatic rings. The van der Waals surface area contributed by atoms with Crippen LogP contribution in [0.4, 0.5) is 0 Å². The number of hydrogen-bond donors (Lipinski definition) is 2. The number of aromatic amines is 1. The summed E-state index contributed by atoms with van der Waals surface area (Å²) in [6, 6.07) is 6.27. The Morgan fingerprint density at radius 3 is 2.63 bits per heavy atom. The number of rotatable bonds is 4. The number of nitrogens with one attached hydrogen (secondary N) is 2. The number of hydrogen-bond acceptors (Lipinski definition) is 5. The Kier molecular flexibility index (Phi) is 5.19. The molecule has 1 saturated heterocycles. The Labute approximate surface area is 183 Å². The van der Waals surface area contributed by atoms with Crippen molar-refractivity contribution in [3.05, 3.63) is 55.9 Å². The monoisotopic (exact) mass is 465 g/mol. The van der Waals surface area contributed by atoms with Gasteiger partial charge in [0.25, 0.3) is 5.56 Å². The van der Waals surface area contributed by atoms with Gasteiger partial charge in [-0.3, -0.25) is 4.79 Å². The third-order valence-corrected chi connectivity index (χ3v) is 9.27. The first-order chi connectivity index (χ1) is 14.4. The summed E-state index contributed by atoms with van der Waals surface area (Å²) in [5, 5.41) is 1.28. The Hall–Kier alpha value is -1.78. The zero-order chi connectivity index (χ0) is 20.9. The summed E-state index contributed by atoms with van der Waals surface area (Å²) in [4.78, 5) is 23.9. The number of aryl methyl sites for hydroxylation is 2. The molecular formula is C20H22ClN4O3S2+. The van der Waals surface area contributed by atoms with E-state index in [2.05, 4.69) is 4.98 Å². The first-order valence-electron chi connectivity index (χ1n) is 10.0. The number of aromatic nitrogens is 2. The number of thiophene rings is 1. The highest BCUT2D eigenvalue weighted by atomic mass is 35.5. The lowest BCUT2D eigenvalue weighted by Gasteiger charge is -2.31. The van der Waals surface area contributed by atoms with Crippen molar-refractivity contribution in [2.75, 3.05) is 26.2 Å². The minimum atomic E-state index is -3.52. The molecular weight excluding hydrogens is 444 g/mol. The number of quaternary nitrogens is 1. The second-order valence-electron chi connectivity index (χ2n) is 7.83. The fourth-order valence-electron chi connectivity index (χ4n) is 4.34. The average molecular weight is 466 g/mol. The number of H-pyrrole nitrogens is 1. The Morgan fingerprint density at radius 2 is 1.90 bits per heavy atom. The van der Waals surface area contributed by atoms with E-state index in [0.717, 1.165) is 29.5 Å². The van der Waals surface area contributed by atoms with Crippen molar-refractivity contribution in [3.63, 3.8) is 0 Å². The summed E-state index contributed by atoms with van der Waals surface area (Å²) in [5.41, 5.74) is 1.14. The van der Waals surface area contributed by atoms with E-state index in [1.54, 1.807) is 35.6 Å². The zero-order valence-electron chi connectivity index (χ0n) is 16.3. The highest BCUT2D eigenvalue weighted by Crippen LogP contribution is 2.34. The number of benzene rings is 1. The van der Waals surface area contributed by atoms with E-state index in [-0.39, 0.29) is 10.5 Å². The molecule has 0 unspecified atom stereocenters. The van der Waals surface area contributed by atoms with Crippen LogP contribution < -0.4 is 10.5 Å². The van der Waals surface area contributed by atoms with Crippen LogP contribution in [0.2, 0.25) is 5.02 Å². The lowest BCUT2D eigenvalue weighted by atomic mass is 10.2. The molecule has 158 valence electrons. The van der Waals surface area contributed by atoms with Gasteiger partial charge in [-0.2, -0.15) is 4.31 Å². The van der Waals surface area contributed by atoms with E-state index in [4.69, 9.17) is 16.6 Å². The molecule has 30 heavy (non-hydrogen) atoms. The van der Waals surface area contributed by atoms with E-state index in [9.17, 15) is 13.2 Å². The molecule has 1 aromatic carbocycles. The van der Waals surface area contributed by atoms with Crippen LogP contribution in [-0.2, 0) is 29.4 Å². The highest BCUT2D eigenvalue weighted by Gasteiger charge is 2.31. The van der Waals surface area contributed by atoms with Crippen molar-refractivity contribution in [1.82, 2.24) is 14.3 Å². The largest absolute Gasteiger partial charge is 0.326 e. The van der Waals surface area contributed by atoms with Gasteiger partial charge in [0.1, 0.15) is 11.4 Å². The first kappa shape index (κ1) is 20.1. The maximum atomic E-state index is 12.8. The predicted molar refractivity (Wildman–Crippen MR) is 117 cm³/mol.